The summed E-state index contributed by atoms with van der Waals surface area (Å²) in [7, 11) is 0. The van der Waals surface area contributed by atoms with Crippen molar-refractivity contribution >= 4 is 23.1 Å². The summed E-state index contributed by atoms with van der Waals surface area (Å²) in [6, 6.07) is 3.89. The Bertz CT molecular complexity index is 1390. The summed E-state index contributed by atoms with van der Waals surface area (Å²) in [5.41, 5.74) is 0.581. The Kier molecular flexibility index (Phi) is 8.21. The summed E-state index contributed by atoms with van der Waals surface area (Å²) in [5, 5.41) is 20.2. The lowest BCUT2D eigenvalue weighted by Gasteiger charge is -2.20. The molecule has 8 nitrogen and oxygen atoms in total. The average molecular weight is 518 g/mol. The van der Waals surface area contributed by atoms with Crippen LogP contribution in [0.4, 0.5) is 14.6 Å². The summed E-state index contributed by atoms with van der Waals surface area (Å²) < 4.78 is 33.9. The molecule has 0 saturated heterocycles. The minimum Gasteiger partial charge on any atom is -0.485 e. The van der Waals surface area contributed by atoms with E-state index in [1.54, 1.807) is 40.0 Å². The number of anilines is 1. The SMILES string of the molecule is Cc1cnc(N/C=C\C(=N)C(C)(C)CO)cc1-n1c(C)cc(OCc2ncc(F)cc2F)c(Cl)c1=O. The highest BCUT2D eigenvalue weighted by atomic mass is 35.5. The number of hydrogen-bond acceptors (Lipinski definition) is 7. The lowest BCUT2D eigenvalue weighted by Crippen LogP contribution is -2.26. The van der Waals surface area contributed by atoms with Crippen LogP contribution in [0.15, 0.2) is 47.7 Å². The second kappa shape index (κ2) is 11.0. The van der Waals surface area contributed by atoms with E-state index >= 15 is 0 Å². The van der Waals surface area contributed by atoms with Gasteiger partial charge in [-0.25, -0.2) is 13.8 Å². The molecule has 0 fully saturated rings. The fourth-order valence-corrected chi connectivity index (χ4v) is 3.33. The number of nitrogens with zero attached hydrogens (tertiary/aromatic N) is 3. The van der Waals surface area contributed by atoms with Gasteiger partial charge >= 0.3 is 0 Å². The minimum absolute atomic E-state index is 0.0407. The maximum atomic E-state index is 13.9. The van der Waals surface area contributed by atoms with Crippen LogP contribution in [0.1, 0.15) is 30.8 Å². The van der Waals surface area contributed by atoms with E-state index in [4.69, 9.17) is 21.7 Å². The molecule has 3 aromatic rings. The first-order valence-electron chi connectivity index (χ1n) is 10.9. The van der Waals surface area contributed by atoms with Crippen LogP contribution in [0.2, 0.25) is 5.02 Å². The van der Waals surface area contributed by atoms with Gasteiger partial charge < -0.3 is 20.6 Å². The molecule has 3 aromatic heterocycles. The molecule has 0 aliphatic heterocycles. The molecule has 0 amide bonds. The number of halogens is 3. The highest BCUT2D eigenvalue weighted by molar-refractivity contribution is 6.31. The average Bonchev–Trinajstić information content (AvgIpc) is 2.83. The molecule has 0 radical (unpaired) electrons. The first-order chi connectivity index (χ1) is 16.9. The summed E-state index contributed by atoms with van der Waals surface area (Å²) in [5.74, 6) is -1.22. The highest BCUT2D eigenvalue weighted by Crippen LogP contribution is 2.26. The van der Waals surface area contributed by atoms with E-state index in [1.165, 1.54) is 22.9 Å². The van der Waals surface area contributed by atoms with Gasteiger partial charge in [-0.05, 0) is 25.5 Å². The van der Waals surface area contributed by atoms with E-state index in [0.717, 1.165) is 6.20 Å². The Morgan fingerprint density at radius 1 is 1.25 bits per heavy atom. The van der Waals surface area contributed by atoms with Crippen molar-refractivity contribution in [2.75, 3.05) is 11.9 Å². The van der Waals surface area contributed by atoms with Crippen molar-refractivity contribution in [1.29, 1.82) is 5.41 Å². The summed E-state index contributed by atoms with van der Waals surface area (Å²) >= 11 is 6.30. The fourth-order valence-electron chi connectivity index (χ4n) is 3.14. The van der Waals surface area contributed by atoms with E-state index in [2.05, 4.69) is 15.3 Å². The maximum absolute atomic E-state index is 13.9. The van der Waals surface area contributed by atoms with Crippen molar-refractivity contribution < 1.29 is 18.6 Å². The monoisotopic (exact) mass is 517 g/mol. The second-order valence-electron chi connectivity index (χ2n) is 8.76. The van der Waals surface area contributed by atoms with Gasteiger partial charge in [0.15, 0.2) is 5.82 Å². The van der Waals surface area contributed by atoms with Gasteiger partial charge in [0.25, 0.3) is 5.56 Å². The van der Waals surface area contributed by atoms with Crippen LogP contribution in [0.25, 0.3) is 5.69 Å². The number of aryl methyl sites for hydroxylation is 2. The van der Waals surface area contributed by atoms with E-state index < -0.39 is 22.6 Å². The number of nitrogens with one attached hydrogen (secondary N) is 2. The molecule has 3 N–H and O–H groups in total. The van der Waals surface area contributed by atoms with Gasteiger partial charge in [-0.15, -0.1) is 0 Å². The van der Waals surface area contributed by atoms with Crippen LogP contribution in [0.3, 0.4) is 0 Å². The molecule has 0 saturated carbocycles. The third-order valence-corrected chi connectivity index (χ3v) is 5.82. The largest absolute Gasteiger partial charge is 0.485 e. The number of ether oxygens (including phenoxy) is 1. The predicted molar refractivity (Wildman–Crippen MR) is 134 cm³/mol. The first kappa shape index (κ1) is 27.0. The van der Waals surface area contributed by atoms with Crippen molar-refractivity contribution in [3.05, 3.63) is 86.8 Å². The Labute approximate surface area is 211 Å². The molecule has 0 atom stereocenters. The number of aliphatic hydroxyl groups excluding tert-OH is 1. The molecular formula is C25H26ClF2N5O3. The Hall–Kier alpha value is -3.63. The molecule has 3 heterocycles. The van der Waals surface area contributed by atoms with Gasteiger partial charge in [0.05, 0.1) is 18.5 Å². The third kappa shape index (κ3) is 5.95. The lowest BCUT2D eigenvalue weighted by molar-refractivity contribution is 0.213. The minimum atomic E-state index is -0.868. The fraction of sp³-hybridized carbons (Fsp3) is 0.280. The van der Waals surface area contributed by atoms with Gasteiger partial charge in [-0.3, -0.25) is 14.3 Å². The predicted octanol–water partition coefficient (Wildman–Crippen LogP) is 4.72. The van der Waals surface area contributed by atoms with Crippen molar-refractivity contribution in [2.45, 2.75) is 34.3 Å². The van der Waals surface area contributed by atoms with Crippen LogP contribution >= 0.6 is 11.6 Å². The van der Waals surface area contributed by atoms with Crippen LogP contribution in [-0.2, 0) is 6.61 Å². The number of rotatable bonds is 9. The van der Waals surface area contributed by atoms with E-state index in [-0.39, 0.29) is 35.4 Å². The zero-order valence-corrected chi connectivity index (χ0v) is 21.0. The number of hydrogen-bond donors (Lipinski definition) is 3. The molecule has 0 spiro atoms. The zero-order valence-electron chi connectivity index (χ0n) is 20.2. The Balaban J connectivity index is 1.87. The summed E-state index contributed by atoms with van der Waals surface area (Å²) in [6.45, 7) is 6.47. The van der Waals surface area contributed by atoms with E-state index in [0.29, 0.717) is 28.8 Å². The molecule has 0 aliphatic rings. The standard InChI is InChI=1S/C25H26ClF2N5O3/c1-14-10-32-22(30-6-5-21(29)25(3,4)13-34)9-19(14)33-15(2)7-20(23(26)24(33)35)36-12-18-17(28)8-16(27)11-31-18/h5-11,29,34H,12-13H2,1-4H3,(H,30,32)/b6-5-,29-21?. The topological polar surface area (TPSA) is 113 Å². The molecule has 3 rings (SSSR count). The van der Waals surface area contributed by atoms with Crippen LogP contribution < -0.4 is 15.6 Å². The first-order valence-corrected chi connectivity index (χ1v) is 11.3. The van der Waals surface area contributed by atoms with E-state index in [9.17, 15) is 18.7 Å². The molecular weight excluding hydrogens is 492 g/mol. The van der Waals surface area contributed by atoms with Gasteiger partial charge in [0.1, 0.15) is 34.7 Å². The van der Waals surface area contributed by atoms with Crippen molar-refractivity contribution in [2.24, 2.45) is 5.41 Å². The summed E-state index contributed by atoms with van der Waals surface area (Å²) in [4.78, 5) is 21.1. The molecule has 190 valence electrons. The molecule has 36 heavy (non-hydrogen) atoms. The van der Waals surface area contributed by atoms with Gasteiger partial charge in [-0.1, -0.05) is 25.4 Å². The van der Waals surface area contributed by atoms with Crippen LogP contribution in [-0.4, -0.2) is 32.0 Å². The third-order valence-electron chi connectivity index (χ3n) is 5.47. The van der Waals surface area contributed by atoms with Crippen LogP contribution in [0.5, 0.6) is 5.75 Å². The van der Waals surface area contributed by atoms with Crippen molar-refractivity contribution in [1.82, 2.24) is 14.5 Å². The van der Waals surface area contributed by atoms with Gasteiger partial charge in [0, 0.05) is 47.4 Å². The number of aromatic nitrogens is 3. The smallest absolute Gasteiger partial charge is 0.277 e. The summed E-state index contributed by atoms with van der Waals surface area (Å²) in [6.07, 6.45) is 5.51. The van der Waals surface area contributed by atoms with E-state index in [1.807, 2.05) is 0 Å². The van der Waals surface area contributed by atoms with Crippen molar-refractivity contribution in [3.63, 3.8) is 0 Å². The quantitative estimate of drug-likeness (QED) is 0.354. The lowest BCUT2D eigenvalue weighted by atomic mass is 9.88. The van der Waals surface area contributed by atoms with Crippen molar-refractivity contribution in [3.8, 4) is 11.4 Å². The highest BCUT2D eigenvalue weighted by Gasteiger charge is 2.20. The molecule has 0 unspecified atom stereocenters. The van der Waals surface area contributed by atoms with Gasteiger partial charge in [0.2, 0.25) is 0 Å². The number of pyridine rings is 3. The maximum Gasteiger partial charge on any atom is 0.277 e. The van der Waals surface area contributed by atoms with Crippen LogP contribution in [0, 0.1) is 36.3 Å². The molecule has 0 bridgehead atoms. The molecule has 11 heteroatoms. The normalized spacial score (nSPS) is 11.7. The second-order valence-corrected chi connectivity index (χ2v) is 9.14. The number of aliphatic hydroxyl groups is 1. The van der Waals surface area contributed by atoms with Gasteiger partial charge in [-0.2, -0.15) is 0 Å². The Morgan fingerprint density at radius 2 is 1.97 bits per heavy atom. The molecule has 0 aromatic carbocycles. The molecule has 0 aliphatic carbocycles. The zero-order chi connectivity index (χ0) is 26.6. The number of allylic oxidation sites excluding steroid dienone is 1. The Morgan fingerprint density at radius 3 is 2.64 bits per heavy atom.